The van der Waals surface area contributed by atoms with Gasteiger partial charge in [0.1, 0.15) is 18.2 Å². The van der Waals surface area contributed by atoms with Crippen LogP contribution in [0.1, 0.15) is 6.42 Å². The van der Waals surface area contributed by atoms with Gasteiger partial charge in [0.15, 0.2) is 0 Å². The Morgan fingerprint density at radius 2 is 1.92 bits per heavy atom. The lowest BCUT2D eigenvalue weighted by molar-refractivity contribution is 0.186. The molecule has 0 spiro atoms. The number of para-hydroxylation sites is 1. The summed E-state index contributed by atoms with van der Waals surface area (Å²) in [6.07, 6.45) is 2.79. The molecule has 0 saturated carbocycles. The molecule has 1 aliphatic rings. The fraction of sp³-hybridized carbons (Fsp3) is 0.263. The van der Waals surface area contributed by atoms with Gasteiger partial charge in [-0.3, -0.25) is 5.01 Å². The molecule has 25 heavy (non-hydrogen) atoms. The first-order valence-corrected chi connectivity index (χ1v) is 8.43. The molecule has 0 bridgehead atoms. The van der Waals surface area contributed by atoms with Crippen LogP contribution in [-0.2, 0) is 4.74 Å². The van der Waals surface area contributed by atoms with E-state index < -0.39 is 0 Å². The molecular formula is C19H20ClFN2O2. The number of nitrogens with one attached hydrogen (secondary N) is 1. The van der Waals surface area contributed by atoms with Crippen molar-refractivity contribution in [3.8, 4) is 5.75 Å². The summed E-state index contributed by atoms with van der Waals surface area (Å²) < 4.78 is 24.0. The Hall–Kier alpha value is -2.08. The van der Waals surface area contributed by atoms with E-state index in [0.717, 1.165) is 17.7 Å². The minimum absolute atomic E-state index is 0.0803. The van der Waals surface area contributed by atoms with Crippen LogP contribution in [-0.4, -0.2) is 26.4 Å². The predicted molar refractivity (Wildman–Crippen MR) is 97.3 cm³/mol. The Morgan fingerprint density at radius 1 is 1.16 bits per heavy atom. The van der Waals surface area contributed by atoms with Gasteiger partial charge in [0.05, 0.1) is 16.8 Å². The van der Waals surface area contributed by atoms with Crippen LogP contribution in [0.25, 0.3) is 0 Å². The van der Waals surface area contributed by atoms with Crippen LogP contribution < -0.4 is 15.2 Å². The van der Waals surface area contributed by atoms with Crippen LogP contribution in [0.4, 0.5) is 10.1 Å². The molecule has 1 heterocycles. The van der Waals surface area contributed by atoms with E-state index in [-0.39, 0.29) is 11.9 Å². The van der Waals surface area contributed by atoms with Gasteiger partial charge in [-0.1, -0.05) is 23.7 Å². The Kier molecular flexibility index (Phi) is 5.91. The second-order valence-electron chi connectivity index (χ2n) is 5.73. The standard InChI is InChI=1S/C19H20ClFN2O2/c1-24-11-10-18-14(13-25-16-8-6-15(21)7-9-16)12-23(22-18)19-5-3-2-4-17(19)20/h2-9,12,18,22H,10-11,13H2,1H3. The van der Waals surface area contributed by atoms with Crippen LogP contribution >= 0.6 is 11.6 Å². The van der Waals surface area contributed by atoms with Crippen molar-refractivity contribution in [1.82, 2.24) is 5.43 Å². The van der Waals surface area contributed by atoms with Crippen molar-refractivity contribution in [3.05, 3.63) is 71.1 Å². The van der Waals surface area contributed by atoms with Crippen molar-refractivity contribution in [2.45, 2.75) is 12.5 Å². The minimum atomic E-state index is -0.281. The SMILES string of the molecule is COCCC1NN(c2ccccc2Cl)C=C1COc1ccc(F)cc1. The zero-order valence-corrected chi connectivity index (χ0v) is 14.7. The summed E-state index contributed by atoms with van der Waals surface area (Å²) in [4.78, 5) is 0. The fourth-order valence-electron chi connectivity index (χ4n) is 2.65. The number of nitrogens with zero attached hydrogens (tertiary/aromatic N) is 1. The van der Waals surface area contributed by atoms with Gasteiger partial charge in [0.25, 0.3) is 0 Å². The third-order valence-corrected chi connectivity index (χ3v) is 4.30. The Bertz CT molecular complexity index is 736. The van der Waals surface area contributed by atoms with Gasteiger partial charge < -0.3 is 9.47 Å². The molecule has 0 aromatic heterocycles. The average molecular weight is 363 g/mol. The molecule has 1 N–H and O–H groups in total. The maximum absolute atomic E-state index is 13.0. The molecule has 0 saturated heterocycles. The van der Waals surface area contributed by atoms with Gasteiger partial charge in [-0.2, -0.15) is 0 Å². The van der Waals surface area contributed by atoms with Crippen molar-refractivity contribution >= 4 is 17.3 Å². The van der Waals surface area contributed by atoms with E-state index >= 15 is 0 Å². The minimum Gasteiger partial charge on any atom is -0.489 e. The first kappa shape index (κ1) is 17.7. The van der Waals surface area contributed by atoms with Gasteiger partial charge in [0.2, 0.25) is 0 Å². The van der Waals surface area contributed by atoms with Gasteiger partial charge in [-0.05, 0) is 42.8 Å². The first-order valence-electron chi connectivity index (χ1n) is 8.05. The van der Waals surface area contributed by atoms with E-state index in [2.05, 4.69) is 5.43 Å². The molecule has 1 aliphatic heterocycles. The molecule has 132 valence electrons. The number of methoxy groups -OCH3 is 1. The summed E-state index contributed by atoms with van der Waals surface area (Å²) in [6.45, 7) is 1.02. The molecule has 2 aromatic rings. The third kappa shape index (κ3) is 4.51. The Balaban J connectivity index is 1.73. The molecule has 3 rings (SSSR count). The van der Waals surface area contributed by atoms with Crippen LogP contribution in [0.5, 0.6) is 5.75 Å². The van der Waals surface area contributed by atoms with Crippen molar-refractivity contribution < 1.29 is 13.9 Å². The lowest BCUT2D eigenvalue weighted by Gasteiger charge is -2.21. The molecule has 0 aliphatic carbocycles. The van der Waals surface area contributed by atoms with E-state index in [1.165, 1.54) is 12.1 Å². The quantitative estimate of drug-likeness (QED) is 0.801. The smallest absolute Gasteiger partial charge is 0.123 e. The summed E-state index contributed by atoms with van der Waals surface area (Å²) >= 11 is 6.29. The first-order chi connectivity index (χ1) is 12.2. The molecule has 1 unspecified atom stereocenters. The number of rotatable bonds is 7. The molecule has 4 nitrogen and oxygen atoms in total. The normalized spacial score (nSPS) is 16.8. The maximum atomic E-state index is 13.0. The molecular weight excluding hydrogens is 343 g/mol. The molecule has 0 radical (unpaired) electrons. The van der Waals surface area contributed by atoms with Crippen molar-refractivity contribution in [2.24, 2.45) is 0 Å². The lowest BCUT2D eigenvalue weighted by atomic mass is 10.1. The van der Waals surface area contributed by atoms with E-state index in [0.29, 0.717) is 24.0 Å². The average Bonchev–Trinajstić information content (AvgIpc) is 3.02. The van der Waals surface area contributed by atoms with Crippen molar-refractivity contribution in [3.63, 3.8) is 0 Å². The summed E-state index contributed by atoms with van der Waals surface area (Å²) in [5.74, 6) is 0.348. The predicted octanol–water partition coefficient (Wildman–Crippen LogP) is 4.17. The third-order valence-electron chi connectivity index (χ3n) is 3.98. The number of ether oxygens (including phenoxy) is 2. The topological polar surface area (TPSA) is 33.7 Å². The molecule has 2 aromatic carbocycles. The van der Waals surface area contributed by atoms with E-state index in [9.17, 15) is 4.39 Å². The number of anilines is 1. The highest BCUT2D eigenvalue weighted by Crippen LogP contribution is 2.29. The van der Waals surface area contributed by atoms with Crippen molar-refractivity contribution in [2.75, 3.05) is 25.3 Å². The molecule has 0 amide bonds. The highest BCUT2D eigenvalue weighted by Gasteiger charge is 2.25. The van der Waals surface area contributed by atoms with Crippen LogP contribution in [0.3, 0.4) is 0 Å². The monoisotopic (exact) mass is 362 g/mol. The van der Waals surface area contributed by atoms with Gasteiger partial charge in [-0.25, -0.2) is 9.82 Å². The van der Waals surface area contributed by atoms with E-state index in [1.54, 1.807) is 19.2 Å². The number of hydrazine groups is 1. The highest BCUT2D eigenvalue weighted by atomic mass is 35.5. The molecule has 0 fully saturated rings. The Labute approximate surface area is 151 Å². The number of halogens is 2. The summed E-state index contributed by atoms with van der Waals surface area (Å²) in [5, 5.41) is 2.57. The van der Waals surface area contributed by atoms with Gasteiger partial charge in [-0.15, -0.1) is 0 Å². The molecule has 6 heteroatoms. The second kappa shape index (κ2) is 8.34. The van der Waals surface area contributed by atoms with Gasteiger partial charge in [0, 0.05) is 25.5 Å². The van der Waals surface area contributed by atoms with E-state index in [1.807, 2.05) is 35.5 Å². The van der Waals surface area contributed by atoms with Crippen LogP contribution in [0, 0.1) is 5.82 Å². The molecule has 1 atom stereocenters. The van der Waals surface area contributed by atoms with Crippen LogP contribution in [0.15, 0.2) is 60.3 Å². The van der Waals surface area contributed by atoms with Crippen molar-refractivity contribution in [1.29, 1.82) is 0 Å². The van der Waals surface area contributed by atoms with E-state index in [4.69, 9.17) is 21.1 Å². The summed E-state index contributed by atoms with van der Waals surface area (Å²) in [6, 6.07) is 13.7. The maximum Gasteiger partial charge on any atom is 0.123 e. The lowest BCUT2D eigenvalue weighted by Crippen LogP contribution is -2.37. The van der Waals surface area contributed by atoms with Crippen LogP contribution in [0.2, 0.25) is 5.02 Å². The fourth-order valence-corrected chi connectivity index (χ4v) is 2.88. The number of benzene rings is 2. The summed E-state index contributed by atoms with van der Waals surface area (Å²) in [7, 11) is 1.68. The zero-order valence-electron chi connectivity index (χ0n) is 13.9. The van der Waals surface area contributed by atoms with Gasteiger partial charge >= 0.3 is 0 Å². The summed E-state index contributed by atoms with van der Waals surface area (Å²) in [5.41, 5.74) is 5.36. The zero-order chi connectivity index (χ0) is 17.6. The number of hydrogen-bond donors (Lipinski definition) is 1. The highest BCUT2D eigenvalue weighted by molar-refractivity contribution is 6.33. The largest absolute Gasteiger partial charge is 0.489 e. The number of hydrogen-bond acceptors (Lipinski definition) is 4. The second-order valence-corrected chi connectivity index (χ2v) is 6.14. The Morgan fingerprint density at radius 3 is 2.64 bits per heavy atom.